The van der Waals surface area contributed by atoms with Crippen molar-refractivity contribution in [2.24, 2.45) is 5.92 Å². The van der Waals surface area contributed by atoms with E-state index in [1.807, 2.05) is 0 Å². The van der Waals surface area contributed by atoms with Gasteiger partial charge in [-0.3, -0.25) is 4.79 Å². The van der Waals surface area contributed by atoms with Crippen molar-refractivity contribution in [1.82, 2.24) is 0 Å². The van der Waals surface area contributed by atoms with Crippen LogP contribution in [0.25, 0.3) is 0 Å². The van der Waals surface area contributed by atoms with Crippen molar-refractivity contribution >= 4 is 5.97 Å². The van der Waals surface area contributed by atoms with Crippen LogP contribution < -0.4 is 0 Å². The van der Waals surface area contributed by atoms with Gasteiger partial charge in [-0.25, -0.2) is 0 Å². The van der Waals surface area contributed by atoms with Crippen molar-refractivity contribution in [1.29, 1.82) is 0 Å². The lowest BCUT2D eigenvalue weighted by Crippen LogP contribution is -2.44. The highest BCUT2D eigenvalue weighted by molar-refractivity contribution is 5.74. The summed E-state index contributed by atoms with van der Waals surface area (Å²) in [5.41, 5.74) is 0. The number of ether oxygens (including phenoxy) is 1. The summed E-state index contributed by atoms with van der Waals surface area (Å²) in [7, 11) is 0. The Morgan fingerprint density at radius 3 is 1.75 bits per heavy atom. The molecular weight excluding hydrogens is 242 g/mol. The fourth-order valence-corrected chi connectivity index (χ4v) is 0.802. The SMILES string of the molecule is CC[C@@H](C)OC(=O)C(C(F)(F)F)C(F)(F)F. The molecule has 0 aromatic heterocycles. The minimum absolute atomic E-state index is 0.133. The molecule has 0 aliphatic heterocycles. The molecular formula is C8H10F6O2. The molecule has 0 aliphatic carbocycles. The van der Waals surface area contributed by atoms with Gasteiger partial charge in [0.05, 0.1) is 6.10 Å². The van der Waals surface area contributed by atoms with E-state index < -0.39 is 30.3 Å². The molecule has 0 aromatic carbocycles. The minimum Gasteiger partial charge on any atom is -0.462 e. The van der Waals surface area contributed by atoms with Gasteiger partial charge >= 0.3 is 18.3 Å². The second kappa shape index (κ2) is 4.92. The Balaban J connectivity index is 4.87. The van der Waals surface area contributed by atoms with E-state index in [0.29, 0.717) is 0 Å². The molecule has 0 radical (unpaired) electrons. The highest BCUT2D eigenvalue weighted by atomic mass is 19.4. The first-order valence-corrected chi connectivity index (χ1v) is 4.34. The van der Waals surface area contributed by atoms with Crippen LogP contribution in [0.2, 0.25) is 0 Å². The lowest BCUT2D eigenvalue weighted by Gasteiger charge is -2.22. The molecule has 96 valence electrons. The molecule has 0 aliphatic rings. The lowest BCUT2D eigenvalue weighted by molar-refractivity contribution is -0.283. The second-order valence-corrected chi connectivity index (χ2v) is 3.17. The molecule has 0 N–H and O–H groups in total. The van der Waals surface area contributed by atoms with Gasteiger partial charge in [-0.2, -0.15) is 26.3 Å². The average Bonchev–Trinajstić information content (AvgIpc) is 1.97. The number of hydrogen-bond donors (Lipinski definition) is 0. The Hall–Kier alpha value is -0.950. The zero-order valence-electron chi connectivity index (χ0n) is 8.45. The maximum atomic E-state index is 12.0. The van der Waals surface area contributed by atoms with E-state index in [1.165, 1.54) is 13.8 Å². The van der Waals surface area contributed by atoms with Crippen LogP contribution in [0.5, 0.6) is 0 Å². The number of carbonyl (C=O) groups is 1. The number of rotatable bonds is 3. The van der Waals surface area contributed by atoms with Gasteiger partial charge in [0.2, 0.25) is 5.92 Å². The third-order valence-electron chi connectivity index (χ3n) is 1.78. The molecule has 0 fully saturated rings. The molecule has 0 saturated heterocycles. The summed E-state index contributed by atoms with van der Waals surface area (Å²) in [6, 6.07) is 0. The Bertz CT molecular complexity index is 230. The molecule has 0 rings (SSSR count). The van der Waals surface area contributed by atoms with Crippen LogP contribution >= 0.6 is 0 Å². The quantitative estimate of drug-likeness (QED) is 0.570. The van der Waals surface area contributed by atoms with Crippen molar-refractivity contribution in [3.63, 3.8) is 0 Å². The van der Waals surface area contributed by atoms with Crippen molar-refractivity contribution in [2.75, 3.05) is 0 Å². The van der Waals surface area contributed by atoms with E-state index in [9.17, 15) is 31.1 Å². The van der Waals surface area contributed by atoms with Crippen LogP contribution in [-0.2, 0) is 9.53 Å². The van der Waals surface area contributed by atoms with Crippen molar-refractivity contribution in [3.8, 4) is 0 Å². The van der Waals surface area contributed by atoms with Crippen molar-refractivity contribution in [3.05, 3.63) is 0 Å². The van der Waals surface area contributed by atoms with E-state index in [0.717, 1.165) is 0 Å². The average molecular weight is 252 g/mol. The van der Waals surface area contributed by atoms with E-state index in [4.69, 9.17) is 0 Å². The smallest absolute Gasteiger partial charge is 0.411 e. The van der Waals surface area contributed by atoms with Crippen LogP contribution in [0.1, 0.15) is 20.3 Å². The van der Waals surface area contributed by atoms with Gasteiger partial charge in [-0.1, -0.05) is 6.92 Å². The highest BCUT2D eigenvalue weighted by Crippen LogP contribution is 2.40. The Labute approximate surface area is 87.6 Å². The standard InChI is InChI=1S/C8H10F6O2/c1-3-4(2)16-6(15)5(7(9,10)11)8(12,13)14/h4-5H,3H2,1-2H3/t4-/m1/s1. The fourth-order valence-electron chi connectivity index (χ4n) is 0.802. The highest BCUT2D eigenvalue weighted by Gasteiger charge is 2.62. The van der Waals surface area contributed by atoms with Gasteiger partial charge in [0.15, 0.2) is 0 Å². The number of hydrogen-bond acceptors (Lipinski definition) is 2. The molecule has 0 saturated carbocycles. The number of halogens is 6. The van der Waals surface area contributed by atoms with E-state index in [2.05, 4.69) is 4.74 Å². The van der Waals surface area contributed by atoms with E-state index in [-0.39, 0.29) is 6.42 Å². The van der Waals surface area contributed by atoms with Crippen LogP contribution in [0.3, 0.4) is 0 Å². The molecule has 16 heavy (non-hydrogen) atoms. The Morgan fingerprint density at radius 2 is 1.50 bits per heavy atom. The minimum atomic E-state index is -5.69. The summed E-state index contributed by atoms with van der Waals surface area (Å²) in [5.74, 6) is -6.39. The van der Waals surface area contributed by atoms with Gasteiger partial charge in [0.25, 0.3) is 0 Å². The van der Waals surface area contributed by atoms with Crippen LogP contribution in [-0.4, -0.2) is 24.4 Å². The molecule has 8 heteroatoms. The summed E-state index contributed by atoms with van der Waals surface area (Å²) in [6.45, 7) is 2.68. The Morgan fingerprint density at radius 1 is 1.12 bits per heavy atom. The van der Waals surface area contributed by atoms with Crippen LogP contribution in [0.15, 0.2) is 0 Å². The van der Waals surface area contributed by atoms with Gasteiger partial charge in [0, 0.05) is 0 Å². The maximum Gasteiger partial charge on any atom is 0.411 e. The molecule has 0 bridgehead atoms. The van der Waals surface area contributed by atoms with E-state index in [1.54, 1.807) is 0 Å². The largest absolute Gasteiger partial charge is 0.462 e. The lowest BCUT2D eigenvalue weighted by atomic mass is 10.1. The van der Waals surface area contributed by atoms with E-state index >= 15 is 0 Å². The topological polar surface area (TPSA) is 26.3 Å². The molecule has 1 atom stereocenters. The zero-order valence-corrected chi connectivity index (χ0v) is 8.45. The first-order chi connectivity index (χ1) is 7.00. The molecule has 0 heterocycles. The third kappa shape index (κ3) is 4.28. The molecule has 0 amide bonds. The monoisotopic (exact) mass is 252 g/mol. The number of carbonyl (C=O) groups excluding carboxylic acids is 1. The molecule has 0 spiro atoms. The van der Waals surface area contributed by atoms with Crippen molar-refractivity contribution in [2.45, 2.75) is 38.7 Å². The fraction of sp³-hybridized carbons (Fsp3) is 0.875. The number of alkyl halides is 6. The maximum absolute atomic E-state index is 12.0. The predicted octanol–water partition coefficient (Wildman–Crippen LogP) is 3.07. The second-order valence-electron chi connectivity index (χ2n) is 3.17. The van der Waals surface area contributed by atoms with Crippen molar-refractivity contribution < 1.29 is 35.9 Å². The summed E-state index contributed by atoms with van der Waals surface area (Å²) in [4.78, 5) is 10.7. The Kier molecular flexibility index (Phi) is 4.63. The zero-order chi connectivity index (χ0) is 13.1. The number of esters is 1. The first kappa shape index (κ1) is 15.0. The van der Waals surface area contributed by atoms with Gasteiger partial charge in [-0.15, -0.1) is 0 Å². The molecule has 0 unspecified atom stereocenters. The summed E-state index contributed by atoms with van der Waals surface area (Å²) in [6.07, 6.45) is -12.2. The summed E-state index contributed by atoms with van der Waals surface area (Å²) in [5, 5.41) is 0. The normalized spacial score (nSPS) is 15.1. The van der Waals surface area contributed by atoms with Gasteiger partial charge in [0.1, 0.15) is 0 Å². The van der Waals surface area contributed by atoms with Crippen LogP contribution in [0.4, 0.5) is 26.3 Å². The predicted molar refractivity (Wildman–Crippen MR) is 41.4 cm³/mol. The van der Waals surface area contributed by atoms with Gasteiger partial charge in [-0.05, 0) is 13.3 Å². The first-order valence-electron chi connectivity index (χ1n) is 4.34. The molecule has 0 aromatic rings. The van der Waals surface area contributed by atoms with Crippen LogP contribution in [0, 0.1) is 5.92 Å². The summed E-state index contributed by atoms with van der Waals surface area (Å²) < 4.78 is 76.0. The third-order valence-corrected chi connectivity index (χ3v) is 1.78. The molecule has 2 nitrogen and oxygen atoms in total. The van der Waals surface area contributed by atoms with Gasteiger partial charge < -0.3 is 4.74 Å². The summed E-state index contributed by atoms with van der Waals surface area (Å²) >= 11 is 0.